The molecule has 1 heterocycles. The van der Waals surface area contributed by atoms with Gasteiger partial charge in [0.25, 0.3) is 0 Å². The Balaban J connectivity index is 3.31. The zero-order valence-electron chi connectivity index (χ0n) is 25.5. The van der Waals surface area contributed by atoms with Gasteiger partial charge in [-0.15, -0.1) is 0 Å². The van der Waals surface area contributed by atoms with E-state index in [2.05, 4.69) is 56.2 Å². The van der Waals surface area contributed by atoms with Crippen molar-refractivity contribution in [3.8, 4) is 0 Å². The number of unbranched alkanes of at least 4 members (excludes halogenated alkanes) is 6. The van der Waals surface area contributed by atoms with Crippen molar-refractivity contribution in [2.75, 3.05) is 44.2 Å². The van der Waals surface area contributed by atoms with Crippen LogP contribution >= 0.6 is 48.0 Å². The van der Waals surface area contributed by atoms with Crippen LogP contribution in [0.3, 0.4) is 0 Å². The molecule has 39 heavy (non-hydrogen) atoms. The maximum atomic E-state index is 5.94. The normalized spacial score (nSPS) is 11.0. The highest BCUT2D eigenvalue weighted by Gasteiger charge is 2.20. The second-order valence-electron chi connectivity index (χ2n) is 10.0. The van der Waals surface area contributed by atoms with E-state index in [0.29, 0.717) is 10.3 Å². The highest BCUT2D eigenvalue weighted by atomic mass is 32.2. The Labute approximate surface area is 259 Å². The van der Waals surface area contributed by atoms with Gasteiger partial charge in [0.1, 0.15) is 8.64 Å². The Morgan fingerprint density at radius 3 is 1.13 bits per heavy atom. The molecular weight excluding hydrogens is 561 g/mol. The maximum Gasteiger partial charge on any atom is 0.230 e. The van der Waals surface area contributed by atoms with Crippen LogP contribution in [-0.2, 0) is 0 Å². The Hall–Kier alpha value is -0.710. The van der Waals surface area contributed by atoms with Gasteiger partial charge in [0, 0.05) is 39.3 Å². The predicted molar refractivity (Wildman–Crippen MR) is 182 cm³/mol. The van der Waals surface area contributed by atoms with Gasteiger partial charge < -0.3 is 14.7 Å². The summed E-state index contributed by atoms with van der Waals surface area (Å²) in [6.45, 7) is 19.2. The Morgan fingerprint density at radius 2 is 0.821 bits per heavy atom. The molecule has 0 aliphatic heterocycles. The van der Waals surface area contributed by atoms with E-state index in [1.165, 1.54) is 23.5 Å². The van der Waals surface area contributed by atoms with Gasteiger partial charge in [-0.2, -0.15) is 15.0 Å². The van der Waals surface area contributed by atoms with Crippen LogP contribution in [0.1, 0.15) is 119 Å². The first-order valence-corrected chi connectivity index (χ1v) is 17.8. The number of aromatic nitrogens is 3. The third kappa shape index (κ3) is 15.2. The molecule has 0 saturated heterocycles. The van der Waals surface area contributed by atoms with E-state index in [4.69, 9.17) is 39.4 Å². The van der Waals surface area contributed by atoms with Gasteiger partial charge in [-0.1, -0.05) is 105 Å². The molecule has 0 aromatic carbocycles. The summed E-state index contributed by atoms with van der Waals surface area (Å²) in [6, 6.07) is 0. The summed E-state index contributed by atoms with van der Waals surface area (Å²) in [7, 11) is 0. The topological polar surface area (TPSA) is 48.4 Å². The highest BCUT2D eigenvalue weighted by molar-refractivity contribution is 8.23. The third-order valence-electron chi connectivity index (χ3n) is 6.43. The molecule has 0 atom stereocenters. The standard InChI is InChI=1S/C29H54N6S4/c1-7-13-19-33(20-14-8-2)25-30-26(38-28(36)34(21-15-9-3)22-16-10-4)32-27(31-25)39-29(37)35(23-17-11-5)24-18-12-6/h7-24H2,1-6H3. The van der Waals surface area contributed by atoms with Crippen LogP contribution in [0.15, 0.2) is 10.3 Å². The monoisotopic (exact) mass is 614 g/mol. The second-order valence-corrected chi connectivity index (χ2v) is 13.2. The molecule has 1 rings (SSSR count). The Bertz CT molecular complexity index is 734. The number of thioether (sulfide) groups is 2. The average Bonchev–Trinajstić information content (AvgIpc) is 2.93. The van der Waals surface area contributed by atoms with Crippen molar-refractivity contribution in [3.63, 3.8) is 0 Å². The van der Waals surface area contributed by atoms with E-state index in [9.17, 15) is 0 Å². The van der Waals surface area contributed by atoms with Crippen LogP contribution in [0, 0.1) is 0 Å². The first kappa shape index (κ1) is 36.3. The third-order valence-corrected chi connectivity index (χ3v) is 9.04. The number of nitrogens with zero attached hydrogens (tertiary/aromatic N) is 6. The number of anilines is 1. The molecule has 224 valence electrons. The number of thiocarbonyl (C=S) groups is 2. The molecular formula is C29H54N6S4. The SMILES string of the molecule is CCCCN(CCCC)C(=S)Sc1nc(SC(=S)N(CCCC)CCCC)nc(N(CCCC)CCCC)n1. The summed E-state index contributed by atoms with van der Waals surface area (Å²) in [5, 5.41) is 1.36. The number of rotatable bonds is 21. The Kier molecular flexibility index (Phi) is 21.3. The molecule has 0 N–H and O–H groups in total. The largest absolute Gasteiger partial charge is 0.357 e. The lowest BCUT2D eigenvalue weighted by molar-refractivity contribution is 0.410. The van der Waals surface area contributed by atoms with Crippen molar-refractivity contribution in [3.05, 3.63) is 0 Å². The van der Waals surface area contributed by atoms with E-state index in [1.54, 1.807) is 0 Å². The van der Waals surface area contributed by atoms with Crippen molar-refractivity contribution in [1.29, 1.82) is 0 Å². The molecule has 1 aromatic rings. The lowest BCUT2D eigenvalue weighted by Gasteiger charge is -2.26. The fraction of sp³-hybridized carbons (Fsp3) is 0.828. The van der Waals surface area contributed by atoms with Gasteiger partial charge in [0.05, 0.1) is 0 Å². The van der Waals surface area contributed by atoms with Crippen LogP contribution in [0.25, 0.3) is 0 Å². The van der Waals surface area contributed by atoms with Gasteiger partial charge >= 0.3 is 0 Å². The van der Waals surface area contributed by atoms with E-state index >= 15 is 0 Å². The summed E-state index contributed by atoms with van der Waals surface area (Å²) in [5.74, 6) is 0.754. The smallest absolute Gasteiger partial charge is 0.230 e. The lowest BCUT2D eigenvalue weighted by atomic mass is 10.3. The minimum atomic E-state index is 0.681. The van der Waals surface area contributed by atoms with Crippen LogP contribution < -0.4 is 4.90 Å². The molecule has 0 aliphatic rings. The van der Waals surface area contributed by atoms with Crippen LogP contribution in [0.4, 0.5) is 5.95 Å². The van der Waals surface area contributed by atoms with E-state index in [1.807, 2.05) is 0 Å². The quantitative estimate of drug-likeness (QED) is 0.0991. The fourth-order valence-corrected chi connectivity index (χ4v) is 6.16. The first-order valence-electron chi connectivity index (χ1n) is 15.4. The first-order chi connectivity index (χ1) is 18.9. The number of hydrogen-bond donors (Lipinski definition) is 0. The van der Waals surface area contributed by atoms with Gasteiger partial charge in [-0.05, 0) is 62.0 Å². The van der Waals surface area contributed by atoms with Crippen LogP contribution in [0.5, 0.6) is 0 Å². The highest BCUT2D eigenvalue weighted by Crippen LogP contribution is 2.27. The van der Waals surface area contributed by atoms with Gasteiger partial charge in [0.2, 0.25) is 16.3 Å². The molecule has 0 spiro atoms. The van der Waals surface area contributed by atoms with Crippen molar-refractivity contribution < 1.29 is 0 Å². The zero-order valence-corrected chi connectivity index (χ0v) is 28.8. The van der Waals surface area contributed by atoms with Gasteiger partial charge in [-0.25, -0.2) is 0 Å². The van der Waals surface area contributed by atoms with E-state index < -0.39 is 0 Å². The zero-order chi connectivity index (χ0) is 28.9. The summed E-state index contributed by atoms with van der Waals surface area (Å²) in [5.41, 5.74) is 0. The minimum Gasteiger partial charge on any atom is -0.357 e. The molecule has 0 radical (unpaired) electrons. The van der Waals surface area contributed by atoms with Crippen molar-refractivity contribution in [2.45, 2.75) is 129 Å². The summed E-state index contributed by atoms with van der Waals surface area (Å²) >= 11 is 14.9. The molecule has 6 nitrogen and oxygen atoms in total. The molecule has 1 aromatic heterocycles. The molecule has 0 fully saturated rings. The molecule has 0 amide bonds. The molecule has 0 bridgehead atoms. The van der Waals surface area contributed by atoms with Crippen molar-refractivity contribution in [1.82, 2.24) is 24.8 Å². The van der Waals surface area contributed by atoms with E-state index in [0.717, 1.165) is 131 Å². The molecule has 0 aliphatic carbocycles. The minimum absolute atomic E-state index is 0.681. The van der Waals surface area contributed by atoms with Crippen LogP contribution in [-0.4, -0.2) is 72.7 Å². The average molecular weight is 615 g/mol. The summed E-state index contributed by atoms with van der Waals surface area (Å²) in [4.78, 5) is 21.8. The second kappa shape index (κ2) is 22.9. The van der Waals surface area contributed by atoms with E-state index in [-0.39, 0.29) is 0 Å². The molecule has 10 heteroatoms. The fourth-order valence-electron chi connectivity index (χ4n) is 3.84. The summed E-state index contributed by atoms with van der Waals surface area (Å²) in [6.07, 6.45) is 13.6. The summed E-state index contributed by atoms with van der Waals surface area (Å²) < 4.78 is 1.71. The Morgan fingerprint density at radius 1 is 0.513 bits per heavy atom. The molecule has 0 unspecified atom stereocenters. The lowest BCUT2D eigenvalue weighted by Crippen LogP contribution is -2.31. The number of hydrogen-bond acceptors (Lipinski definition) is 8. The maximum absolute atomic E-state index is 5.94. The van der Waals surface area contributed by atoms with Gasteiger partial charge in [0.15, 0.2) is 0 Å². The van der Waals surface area contributed by atoms with Gasteiger partial charge in [-0.3, -0.25) is 0 Å². The molecule has 0 saturated carbocycles. The van der Waals surface area contributed by atoms with Crippen LogP contribution in [0.2, 0.25) is 0 Å². The predicted octanol–water partition coefficient (Wildman–Crippen LogP) is 8.84. The van der Waals surface area contributed by atoms with Crippen molar-refractivity contribution in [2.24, 2.45) is 0 Å². The van der Waals surface area contributed by atoms with Crippen molar-refractivity contribution >= 4 is 62.5 Å².